The van der Waals surface area contributed by atoms with Crippen LogP contribution >= 0.6 is 15.9 Å². The third-order valence-corrected chi connectivity index (χ3v) is 3.50. The molecule has 1 amide bonds. The molecule has 0 saturated carbocycles. The van der Waals surface area contributed by atoms with Crippen LogP contribution in [0.2, 0.25) is 0 Å². The zero-order valence-electron chi connectivity index (χ0n) is 10.6. The number of esters is 1. The molecule has 0 fully saturated rings. The van der Waals surface area contributed by atoms with Gasteiger partial charge >= 0.3 is 5.97 Å². The zero-order valence-corrected chi connectivity index (χ0v) is 12.2. The maximum Gasteiger partial charge on any atom is 0.349 e. The van der Waals surface area contributed by atoms with E-state index in [0.29, 0.717) is 16.7 Å². The molecule has 21 heavy (non-hydrogen) atoms. The van der Waals surface area contributed by atoms with Crippen molar-refractivity contribution in [3.63, 3.8) is 0 Å². The minimum atomic E-state index is -0.724. The molecule has 6 heteroatoms. The molecule has 0 radical (unpaired) electrons. The van der Waals surface area contributed by atoms with Crippen molar-refractivity contribution < 1.29 is 14.3 Å². The Hall–Kier alpha value is -2.36. The van der Waals surface area contributed by atoms with Crippen LogP contribution in [0.5, 0.6) is 0 Å². The number of hydrogen-bond acceptors (Lipinski definition) is 4. The molecule has 2 N–H and O–H groups in total. The Balaban J connectivity index is 1.68. The van der Waals surface area contributed by atoms with Gasteiger partial charge in [0.15, 0.2) is 6.23 Å². The number of hydrogen-bond donors (Lipinski definition) is 2. The highest BCUT2D eigenvalue weighted by Crippen LogP contribution is 2.26. The van der Waals surface area contributed by atoms with Crippen LogP contribution in [0.15, 0.2) is 40.9 Å². The van der Waals surface area contributed by atoms with E-state index in [1.807, 2.05) is 0 Å². The van der Waals surface area contributed by atoms with Gasteiger partial charge in [0.1, 0.15) is 5.56 Å². The van der Waals surface area contributed by atoms with Crippen LogP contribution in [0.4, 0.5) is 0 Å². The van der Waals surface area contributed by atoms with Crippen LogP contribution in [-0.4, -0.2) is 11.9 Å². The van der Waals surface area contributed by atoms with Gasteiger partial charge in [0, 0.05) is 15.6 Å². The summed E-state index contributed by atoms with van der Waals surface area (Å²) in [4.78, 5) is 23.6. The lowest BCUT2D eigenvalue weighted by Crippen LogP contribution is -2.40. The Morgan fingerprint density at radius 2 is 2.00 bits per heavy atom. The van der Waals surface area contributed by atoms with E-state index in [4.69, 9.17) is 4.74 Å². The molecule has 2 aromatic carbocycles. The number of fused-ring (bicyclic) bond motifs is 1. The second-order valence-electron chi connectivity index (χ2n) is 4.32. The lowest BCUT2D eigenvalue weighted by Gasteiger charge is -2.13. The number of nitrogens with one attached hydrogen (secondary N) is 2. The number of ether oxygens (including phenoxy) is 1. The molecule has 0 aliphatic carbocycles. The molecular formula is C15H9BrN2O3. The Kier molecular flexibility index (Phi) is 3.60. The fraction of sp³-hybridized carbons (Fsp3) is 0.0667. The summed E-state index contributed by atoms with van der Waals surface area (Å²) in [5, 5.41) is 0. The second kappa shape index (κ2) is 5.56. The molecule has 0 aromatic heterocycles. The van der Waals surface area contributed by atoms with E-state index in [2.05, 4.69) is 38.9 Å². The molecule has 0 unspecified atom stereocenters. The minimum absolute atomic E-state index is 0.321. The highest BCUT2D eigenvalue weighted by molar-refractivity contribution is 9.10. The van der Waals surface area contributed by atoms with Gasteiger partial charge in [0.25, 0.3) is 5.91 Å². The fourth-order valence-corrected chi connectivity index (χ4v) is 2.19. The van der Waals surface area contributed by atoms with Crippen molar-refractivity contribution >= 4 is 27.8 Å². The first-order chi connectivity index (χ1) is 10.1. The third kappa shape index (κ3) is 2.75. The summed E-state index contributed by atoms with van der Waals surface area (Å²) < 4.78 is 6.00. The predicted octanol–water partition coefficient (Wildman–Crippen LogP) is 2.15. The number of hydrazine groups is 1. The second-order valence-corrected chi connectivity index (χ2v) is 5.24. The maximum absolute atomic E-state index is 12.0. The van der Waals surface area contributed by atoms with Crippen molar-refractivity contribution in [2.45, 2.75) is 6.23 Å². The molecule has 3 rings (SSSR count). The van der Waals surface area contributed by atoms with Gasteiger partial charge in [0.2, 0.25) is 0 Å². The summed E-state index contributed by atoms with van der Waals surface area (Å²) in [7, 11) is 0. The lowest BCUT2D eigenvalue weighted by atomic mass is 10.1. The maximum atomic E-state index is 12.0. The number of carbonyl (C=O) groups excluding carboxylic acids is 2. The van der Waals surface area contributed by atoms with Crippen LogP contribution in [0.25, 0.3) is 0 Å². The summed E-state index contributed by atoms with van der Waals surface area (Å²) in [6, 6.07) is 15.6. The van der Waals surface area contributed by atoms with Gasteiger partial charge in [-0.25, -0.2) is 4.79 Å². The summed E-state index contributed by atoms with van der Waals surface area (Å²) in [6.45, 7) is 0. The lowest BCUT2D eigenvalue weighted by molar-refractivity contribution is 0.0261. The smallest absolute Gasteiger partial charge is 0.349 e. The van der Waals surface area contributed by atoms with Crippen LogP contribution in [-0.2, 0) is 4.74 Å². The predicted molar refractivity (Wildman–Crippen MR) is 77.0 cm³/mol. The van der Waals surface area contributed by atoms with Crippen molar-refractivity contribution in [1.29, 1.82) is 0 Å². The van der Waals surface area contributed by atoms with Gasteiger partial charge in [-0.3, -0.25) is 10.2 Å². The molecule has 2 aromatic rings. The largest absolute Gasteiger partial charge is 0.436 e. The van der Waals surface area contributed by atoms with E-state index in [0.717, 1.165) is 4.47 Å². The number of benzene rings is 1. The number of rotatable bonds is 3. The Morgan fingerprint density at radius 3 is 2.76 bits per heavy atom. The first-order valence-electron chi connectivity index (χ1n) is 6.10. The van der Waals surface area contributed by atoms with Gasteiger partial charge in [-0.1, -0.05) is 28.1 Å². The zero-order chi connectivity index (χ0) is 14.8. The van der Waals surface area contributed by atoms with E-state index >= 15 is 0 Å². The highest BCUT2D eigenvalue weighted by atomic mass is 79.9. The topological polar surface area (TPSA) is 67.4 Å². The quantitative estimate of drug-likeness (QED) is 0.661. The third-order valence-electron chi connectivity index (χ3n) is 2.97. The normalized spacial score (nSPS) is 15.9. The van der Waals surface area contributed by atoms with Crippen molar-refractivity contribution in [2.75, 3.05) is 0 Å². The summed E-state index contributed by atoms with van der Waals surface area (Å²) in [6.07, 6.45) is -0.724. The first-order valence-corrected chi connectivity index (χ1v) is 6.89. The van der Waals surface area contributed by atoms with Gasteiger partial charge in [-0.05, 0) is 36.4 Å². The van der Waals surface area contributed by atoms with E-state index in [1.165, 1.54) is 0 Å². The van der Waals surface area contributed by atoms with Crippen LogP contribution in [0, 0.1) is 12.1 Å². The van der Waals surface area contributed by atoms with Crippen LogP contribution in [0.1, 0.15) is 32.5 Å². The molecule has 0 bridgehead atoms. The summed E-state index contributed by atoms with van der Waals surface area (Å²) in [5.41, 5.74) is 6.65. The SMILES string of the molecule is O=C(NN[C@H]1OC(=O)c2c#cccc21)c1ccc(Br)cc1. The van der Waals surface area contributed by atoms with E-state index < -0.39 is 12.2 Å². The van der Waals surface area contributed by atoms with Gasteiger partial charge in [0.05, 0.1) is 0 Å². The van der Waals surface area contributed by atoms with Crippen molar-refractivity contribution in [3.05, 3.63) is 69.7 Å². The summed E-state index contributed by atoms with van der Waals surface area (Å²) >= 11 is 3.30. The Morgan fingerprint density at radius 1 is 1.24 bits per heavy atom. The van der Waals surface area contributed by atoms with E-state index in [1.54, 1.807) is 36.4 Å². The molecule has 0 spiro atoms. The molecule has 5 nitrogen and oxygen atoms in total. The van der Waals surface area contributed by atoms with Crippen molar-refractivity contribution in [3.8, 4) is 0 Å². The van der Waals surface area contributed by atoms with Gasteiger partial charge in [-0.15, -0.1) is 0 Å². The monoisotopic (exact) mass is 344 g/mol. The molecule has 104 valence electrons. The van der Waals surface area contributed by atoms with Crippen LogP contribution in [0.3, 0.4) is 0 Å². The first kappa shape index (κ1) is 13.6. The standard InChI is InChI=1S/C15H9BrN2O3/c16-10-7-5-9(6-8-10)13(19)17-18-14-11-3-1-2-4-12(11)15(20)21-14/h1,3,5-8,14,18H,(H,17,19)/t14-/m0/s1. The molecule has 1 aliphatic heterocycles. The Labute approximate surface area is 129 Å². The summed E-state index contributed by atoms with van der Waals surface area (Å²) in [5.74, 6) is -0.810. The fourth-order valence-electron chi connectivity index (χ4n) is 1.93. The van der Waals surface area contributed by atoms with Gasteiger partial charge in [-0.2, -0.15) is 5.43 Å². The average molecular weight is 345 g/mol. The molecule has 1 aliphatic rings. The Bertz CT molecular complexity index is 700. The van der Waals surface area contributed by atoms with Crippen molar-refractivity contribution in [1.82, 2.24) is 10.9 Å². The molecule has 1 heterocycles. The van der Waals surface area contributed by atoms with E-state index in [9.17, 15) is 9.59 Å². The average Bonchev–Trinajstić information content (AvgIpc) is 2.83. The van der Waals surface area contributed by atoms with Crippen LogP contribution < -0.4 is 10.9 Å². The molecule has 0 saturated heterocycles. The van der Waals surface area contributed by atoms with Crippen molar-refractivity contribution in [2.24, 2.45) is 0 Å². The number of cyclic esters (lactones) is 1. The number of halogens is 1. The van der Waals surface area contributed by atoms with Gasteiger partial charge < -0.3 is 4.74 Å². The number of carbonyl (C=O) groups is 2. The molecule has 1 atom stereocenters. The highest BCUT2D eigenvalue weighted by Gasteiger charge is 2.31. The molecular weight excluding hydrogens is 336 g/mol. The number of amides is 1. The van der Waals surface area contributed by atoms with E-state index in [-0.39, 0.29) is 5.91 Å². The minimum Gasteiger partial charge on any atom is -0.436 e.